The van der Waals surface area contributed by atoms with Crippen molar-refractivity contribution in [2.24, 2.45) is 0 Å². The van der Waals surface area contributed by atoms with Gasteiger partial charge in [-0.05, 0) is 24.0 Å². The van der Waals surface area contributed by atoms with Crippen molar-refractivity contribution in [1.82, 2.24) is 19.6 Å². The van der Waals surface area contributed by atoms with Crippen LogP contribution in [0.2, 0.25) is 0 Å². The first-order valence-corrected chi connectivity index (χ1v) is 10.0. The van der Waals surface area contributed by atoms with Crippen LogP contribution in [-0.2, 0) is 11.3 Å². The van der Waals surface area contributed by atoms with E-state index < -0.39 is 0 Å². The molecule has 1 amide bonds. The van der Waals surface area contributed by atoms with E-state index >= 15 is 0 Å². The van der Waals surface area contributed by atoms with Gasteiger partial charge in [0, 0.05) is 58.4 Å². The molecule has 146 valence electrons. The predicted molar refractivity (Wildman–Crippen MR) is 105 cm³/mol. The molecule has 0 aliphatic carbocycles. The summed E-state index contributed by atoms with van der Waals surface area (Å²) in [6, 6.07) is 10.6. The Kier molecular flexibility index (Phi) is 5.64. The van der Waals surface area contributed by atoms with Gasteiger partial charge >= 0.3 is 6.09 Å². The third-order valence-corrected chi connectivity index (χ3v) is 5.77. The first kappa shape index (κ1) is 18.3. The number of likely N-dealkylation sites (tertiary alicyclic amines) is 1. The van der Waals surface area contributed by atoms with Crippen LogP contribution in [0, 0.1) is 0 Å². The summed E-state index contributed by atoms with van der Waals surface area (Å²) in [5, 5.41) is 0. The summed E-state index contributed by atoms with van der Waals surface area (Å²) < 4.78 is 5.56. The average molecular weight is 370 g/mol. The van der Waals surface area contributed by atoms with E-state index in [1.54, 1.807) is 0 Å². The molecule has 0 N–H and O–H groups in total. The highest BCUT2D eigenvalue weighted by Crippen LogP contribution is 2.26. The maximum Gasteiger partial charge on any atom is 0.411 e. The van der Waals surface area contributed by atoms with Gasteiger partial charge in [-0.1, -0.05) is 30.3 Å². The van der Waals surface area contributed by atoms with Crippen LogP contribution in [0.1, 0.15) is 24.8 Å². The van der Waals surface area contributed by atoms with Gasteiger partial charge in [0.25, 0.3) is 0 Å². The standard InChI is InChI=1S/C21H30N4O2/c1-22-16-24(13-18-7-3-2-4-8-18)14-19-15-25(12-9-20(19)22)21(26)27-17-23-10-5-6-11-23/h2-4,7-8H,5-6,9-17H2,1H3. The highest BCUT2D eigenvalue weighted by molar-refractivity contribution is 5.68. The van der Waals surface area contributed by atoms with Crippen molar-refractivity contribution in [1.29, 1.82) is 0 Å². The van der Waals surface area contributed by atoms with Crippen molar-refractivity contribution >= 4 is 6.09 Å². The Labute approximate surface area is 162 Å². The second-order valence-corrected chi connectivity index (χ2v) is 7.90. The van der Waals surface area contributed by atoms with Gasteiger partial charge in [0.2, 0.25) is 0 Å². The van der Waals surface area contributed by atoms with Crippen molar-refractivity contribution < 1.29 is 9.53 Å². The van der Waals surface area contributed by atoms with Crippen molar-refractivity contribution in [3.63, 3.8) is 0 Å². The van der Waals surface area contributed by atoms with Crippen LogP contribution in [0.15, 0.2) is 41.6 Å². The smallest absolute Gasteiger partial charge is 0.411 e. The maximum atomic E-state index is 12.5. The Morgan fingerprint density at radius 3 is 2.59 bits per heavy atom. The molecule has 0 aromatic heterocycles. The summed E-state index contributed by atoms with van der Waals surface area (Å²) in [6.07, 6.45) is 3.17. The molecule has 3 aliphatic rings. The zero-order valence-corrected chi connectivity index (χ0v) is 16.3. The van der Waals surface area contributed by atoms with Gasteiger partial charge in [-0.15, -0.1) is 0 Å². The van der Waals surface area contributed by atoms with Crippen LogP contribution in [-0.4, -0.2) is 78.9 Å². The lowest BCUT2D eigenvalue weighted by molar-refractivity contribution is 0.0506. The van der Waals surface area contributed by atoms with E-state index in [2.05, 4.69) is 52.1 Å². The molecule has 0 bridgehead atoms. The molecule has 1 fully saturated rings. The second kappa shape index (κ2) is 8.31. The number of nitrogens with zero attached hydrogens (tertiary/aromatic N) is 4. The molecule has 0 saturated carbocycles. The van der Waals surface area contributed by atoms with Crippen LogP contribution in [0.5, 0.6) is 0 Å². The minimum Gasteiger partial charge on any atom is -0.433 e. The van der Waals surface area contributed by atoms with Crippen LogP contribution < -0.4 is 0 Å². The maximum absolute atomic E-state index is 12.5. The molecule has 1 aromatic carbocycles. The first-order valence-electron chi connectivity index (χ1n) is 10.0. The number of ether oxygens (including phenoxy) is 1. The van der Waals surface area contributed by atoms with Gasteiger partial charge in [-0.25, -0.2) is 4.79 Å². The van der Waals surface area contributed by atoms with Crippen LogP contribution in [0.3, 0.4) is 0 Å². The predicted octanol–water partition coefficient (Wildman–Crippen LogP) is 2.54. The highest BCUT2D eigenvalue weighted by atomic mass is 16.6. The fourth-order valence-electron chi connectivity index (χ4n) is 4.38. The minimum atomic E-state index is -0.170. The summed E-state index contributed by atoms with van der Waals surface area (Å²) in [4.78, 5) is 21.4. The molecule has 3 aliphatic heterocycles. The second-order valence-electron chi connectivity index (χ2n) is 7.90. The van der Waals surface area contributed by atoms with Gasteiger partial charge in [-0.3, -0.25) is 9.80 Å². The summed E-state index contributed by atoms with van der Waals surface area (Å²) in [5.74, 6) is 0. The molecule has 27 heavy (non-hydrogen) atoms. The van der Waals surface area contributed by atoms with Crippen molar-refractivity contribution in [2.75, 3.05) is 53.2 Å². The van der Waals surface area contributed by atoms with Gasteiger partial charge in [0.1, 0.15) is 6.73 Å². The third-order valence-electron chi connectivity index (χ3n) is 5.77. The highest BCUT2D eigenvalue weighted by Gasteiger charge is 2.30. The van der Waals surface area contributed by atoms with Gasteiger partial charge in [-0.2, -0.15) is 0 Å². The molecule has 0 spiro atoms. The van der Waals surface area contributed by atoms with Crippen LogP contribution in [0.25, 0.3) is 0 Å². The van der Waals surface area contributed by atoms with E-state index in [-0.39, 0.29) is 6.09 Å². The molecule has 4 rings (SSSR count). The lowest BCUT2D eigenvalue weighted by Gasteiger charge is -2.42. The SMILES string of the molecule is CN1CN(Cc2ccccc2)CC2=C1CCN(C(=O)OCN1CCCC1)C2. The summed E-state index contributed by atoms with van der Waals surface area (Å²) >= 11 is 0. The Bertz CT molecular complexity index is 685. The number of amides is 1. The van der Waals surface area contributed by atoms with Gasteiger partial charge in [0.15, 0.2) is 0 Å². The molecule has 0 unspecified atom stereocenters. The Morgan fingerprint density at radius 1 is 1.04 bits per heavy atom. The normalized spacial score (nSPS) is 21.5. The molecular formula is C21H30N4O2. The zero-order valence-electron chi connectivity index (χ0n) is 16.3. The number of hydrogen-bond acceptors (Lipinski definition) is 5. The van der Waals surface area contributed by atoms with Gasteiger partial charge in [0.05, 0.1) is 6.67 Å². The van der Waals surface area contributed by atoms with Crippen LogP contribution >= 0.6 is 0 Å². The van der Waals surface area contributed by atoms with Crippen molar-refractivity contribution in [2.45, 2.75) is 25.8 Å². The fraction of sp³-hybridized carbons (Fsp3) is 0.571. The molecule has 6 nitrogen and oxygen atoms in total. The lowest BCUT2D eigenvalue weighted by atomic mass is 10.0. The topological polar surface area (TPSA) is 39.3 Å². The van der Waals surface area contributed by atoms with E-state index in [0.717, 1.165) is 45.8 Å². The quantitative estimate of drug-likeness (QED) is 0.815. The summed E-state index contributed by atoms with van der Waals surface area (Å²) in [7, 11) is 2.16. The molecule has 1 aromatic rings. The number of benzene rings is 1. The Morgan fingerprint density at radius 2 is 1.81 bits per heavy atom. The molecule has 3 heterocycles. The summed E-state index contributed by atoms with van der Waals surface area (Å²) in [5.41, 5.74) is 4.08. The molecule has 0 radical (unpaired) electrons. The Hall–Kier alpha value is -2.05. The number of hydrogen-bond donors (Lipinski definition) is 0. The number of carbonyl (C=O) groups excluding carboxylic acids is 1. The molecule has 1 saturated heterocycles. The van der Waals surface area contributed by atoms with Crippen molar-refractivity contribution in [3.05, 3.63) is 47.2 Å². The van der Waals surface area contributed by atoms with Gasteiger partial charge < -0.3 is 14.5 Å². The first-order chi connectivity index (χ1) is 13.2. The Balaban J connectivity index is 1.34. The third kappa shape index (κ3) is 4.45. The van der Waals surface area contributed by atoms with E-state index in [0.29, 0.717) is 13.3 Å². The molecular weight excluding hydrogens is 340 g/mol. The monoisotopic (exact) mass is 370 g/mol. The van der Waals surface area contributed by atoms with E-state index in [1.807, 2.05) is 4.90 Å². The van der Waals surface area contributed by atoms with E-state index in [9.17, 15) is 4.79 Å². The number of rotatable bonds is 4. The van der Waals surface area contributed by atoms with Crippen LogP contribution in [0.4, 0.5) is 4.79 Å². The average Bonchev–Trinajstić information content (AvgIpc) is 3.20. The zero-order chi connectivity index (χ0) is 18.6. The van der Waals surface area contributed by atoms with Crippen molar-refractivity contribution in [3.8, 4) is 0 Å². The van der Waals surface area contributed by atoms with E-state index in [1.165, 1.54) is 29.7 Å². The minimum absolute atomic E-state index is 0.170. The fourth-order valence-corrected chi connectivity index (χ4v) is 4.38. The van der Waals surface area contributed by atoms with E-state index in [4.69, 9.17) is 4.74 Å². The summed E-state index contributed by atoms with van der Waals surface area (Å²) in [6.45, 7) is 6.74. The molecule has 0 atom stereocenters. The number of carbonyl (C=O) groups is 1. The molecule has 6 heteroatoms. The lowest BCUT2D eigenvalue weighted by Crippen LogP contribution is -2.48. The largest absolute Gasteiger partial charge is 0.433 e.